The summed E-state index contributed by atoms with van der Waals surface area (Å²) in [5.74, 6) is -0.320. The first-order chi connectivity index (χ1) is 6.61. The lowest BCUT2D eigenvalue weighted by molar-refractivity contribution is -0.139. The largest absolute Gasteiger partial charge is 0.481 e. The van der Waals surface area contributed by atoms with E-state index in [-0.39, 0.29) is 12.2 Å². The maximum absolute atomic E-state index is 11.6. The Morgan fingerprint density at radius 1 is 1.29 bits per heavy atom. The van der Waals surface area contributed by atoms with E-state index in [9.17, 15) is 9.59 Å². The summed E-state index contributed by atoms with van der Waals surface area (Å²) in [6.45, 7) is 0. The Balaban J connectivity index is 2.42. The molecule has 4 heteroatoms. The van der Waals surface area contributed by atoms with Gasteiger partial charge in [0.05, 0.1) is 12.5 Å². The van der Waals surface area contributed by atoms with E-state index >= 15 is 0 Å². The van der Waals surface area contributed by atoms with Crippen LogP contribution in [0.2, 0.25) is 0 Å². The van der Waals surface area contributed by atoms with Crippen molar-refractivity contribution in [2.75, 3.05) is 0 Å². The van der Waals surface area contributed by atoms with Gasteiger partial charge in [-0.1, -0.05) is 19.3 Å². The average molecular weight is 198 g/mol. The van der Waals surface area contributed by atoms with Crippen LogP contribution >= 0.6 is 0 Å². The molecular weight excluding hydrogens is 182 g/mol. The fourth-order valence-electron chi connectivity index (χ4n) is 1.77. The Kier molecular flexibility index (Phi) is 4.07. The van der Waals surface area contributed by atoms with Gasteiger partial charge in [-0.15, -0.1) is 0 Å². The molecule has 0 heterocycles. The van der Waals surface area contributed by atoms with Gasteiger partial charge >= 0.3 is 5.97 Å². The quantitative estimate of drug-likeness (QED) is 0.703. The van der Waals surface area contributed by atoms with Crippen molar-refractivity contribution in [2.45, 2.75) is 44.6 Å². The molecule has 79 valence electrons. The van der Waals surface area contributed by atoms with Crippen LogP contribution in [0, 0.1) is 5.92 Å². The van der Waals surface area contributed by atoms with E-state index in [1.165, 1.54) is 0 Å². The second-order valence-electron chi connectivity index (χ2n) is 3.73. The number of carboxylic acids is 1. The Hall–Kier alpha value is -0.900. The van der Waals surface area contributed by atoms with Crippen LogP contribution in [0.3, 0.4) is 0 Å². The van der Waals surface area contributed by atoms with Gasteiger partial charge in [-0.25, -0.2) is 0 Å². The number of carboxylic acid groups (broad SMARTS) is 1. The number of nitrogens with two attached hydrogens (primary N) is 1. The third kappa shape index (κ3) is 3.10. The zero-order valence-corrected chi connectivity index (χ0v) is 8.16. The lowest BCUT2D eigenvalue weighted by atomic mass is 9.83. The number of rotatable bonds is 4. The summed E-state index contributed by atoms with van der Waals surface area (Å²) in [6, 6.07) is -0.847. The molecule has 0 amide bonds. The molecule has 1 atom stereocenters. The van der Waals surface area contributed by atoms with Crippen LogP contribution < -0.4 is 5.73 Å². The van der Waals surface area contributed by atoms with Gasteiger partial charge in [0.25, 0.3) is 0 Å². The van der Waals surface area contributed by atoms with Crippen molar-refractivity contribution in [3.8, 4) is 0 Å². The second-order valence-corrected chi connectivity index (χ2v) is 3.73. The van der Waals surface area contributed by atoms with E-state index in [4.69, 9.17) is 10.8 Å². The summed E-state index contributed by atoms with van der Waals surface area (Å²) < 4.78 is 0. The molecule has 0 bridgehead atoms. The van der Waals surface area contributed by atoms with Crippen molar-refractivity contribution in [3.05, 3.63) is 5.92 Å². The van der Waals surface area contributed by atoms with Crippen molar-refractivity contribution in [1.29, 1.82) is 0 Å². The molecule has 0 unspecified atom stereocenters. The van der Waals surface area contributed by atoms with Crippen molar-refractivity contribution >= 4 is 11.8 Å². The zero-order chi connectivity index (χ0) is 10.6. The summed E-state index contributed by atoms with van der Waals surface area (Å²) in [5, 5.41) is 8.49. The molecule has 0 aromatic rings. The first kappa shape index (κ1) is 11.2. The molecule has 1 saturated carbocycles. The maximum Gasteiger partial charge on any atom is 0.305 e. The van der Waals surface area contributed by atoms with Crippen LogP contribution in [0.15, 0.2) is 0 Å². The molecule has 1 radical (unpaired) electrons. The first-order valence-electron chi connectivity index (χ1n) is 4.97. The highest BCUT2D eigenvalue weighted by atomic mass is 16.4. The van der Waals surface area contributed by atoms with Crippen LogP contribution in [0.5, 0.6) is 0 Å². The van der Waals surface area contributed by atoms with Crippen LogP contribution in [0.25, 0.3) is 0 Å². The minimum atomic E-state index is -1.01. The minimum Gasteiger partial charge on any atom is -0.481 e. The molecule has 0 aliphatic heterocycles. The van der Waals surface area contributed by atoms with Crippen LogP contribution in [-0.2, 0) is 9.59 Å². The smallest absolute Gasteiger partial charge is 0.305 e. The molecule has 0 aromatic heterocycles. The first-order valence-corrected chi connectivity index (χ1v) is 4.97. The van der Waals surface area contributed by atoms with Crippen LogP contribution in [0.1, 0.15) is 38.5 Å². The molecule has 14 heavy (non-hydrogen) atoms. The highest BCUT2D eigenvalue weighted by Crippen LogP contribution is 2.27. The summed E-state index contributed by atoms with van der Waals surface area (Å²) in [7, 11) is 0. The van der Waals surface area contributed by atoms with Crippen molar-refractivity contribution < 1.29 is 14.7 Å². The maximum atomic E-state index is 11.6. The van der Waals surface area contributed by atoms with Gasteiger partial charge in [0.1, 0.15) is 0 Å². The van der Waals surface area contributed by atoms with Crippen molar-refractivity contribution in [3.63, 3.8) is 0 Å². The number of Topliss-reactive ketones (excluding diaryl/α,β-unsaturated/α-hetero) is 1. The number of hydrogen-bond acceptors (Lipinski definition) is 3. The molecular formula is C10H16NO3. The molecule has 0 saturated heterocycles. The van der Waals surface area contributed by atoms with Crippen LogP contribution in [-0.4, -0.2) is 22.9 Å². The molecule has 4 nitrogen and oxygen atoms in total. The van der Waals surface area contributed by atoms with Gasteiger partial charge in [0, 0.05) is 5.92 Å². The van der Waals surface area contributed by atoms with E-state index in [1.54, 1.807) is 0 Å². The molecule has 0 aromatic carbocycles. The second kappa shape index (κ2) is 5.10. The van der Waals surface area contributed by atoms with Crippen LogP contribution in [0.4, 0.5) is 0 Å². The molecule has 0 spiro atoms. The number of hydrogen-bond donors (Lipinski definition) is 2. The van der Waals surface area contributed by atoms with E-state index in [0.717, 1.165) is 38.0 Å². The summed E-state index contributed by atoms with van der Waals surface area (Å²) in [5.41, 5.74) is 5.50. The SMILES string of the molecule is N[C@@H](CC(=O)O)C(=O)[C]1CCCCC1. The van der Waals surface area contributed by atoms with Gasteiger partial charge in [-0.3, -0.25) is 9.59 Å². The summed E-state index contributed by atoms with van der Waals surface area (Å²) in [6.07, 6.45) is 4.55. The number of carbonyl (C=O) groups is 2. The Morgan fingerprint density at radius 3 is 2.36 bits per heavy atom. The topological polar surface area (TPSA) is 80.4 Å². The summed E-state index contributed by atoms with van der Waals surface area (Å²) in [4.78, 5) is 22.0. The molecule has 1 aliphatic carbocycles. The lowest BCUT2D eigenvalue weighted by Crippen LogP contribution is -2.37. The van der Waals surface area contributed by atoms with E-state index in [0.29, 0.717) is 0 Å². The van der Waals surface area contributed by atoms with Gasteiger partial charge in [-0.05, 0) is 12.8 Å². The fraction of sp³-hybridized carbons (Fsp3) is 0.700. The minimum absolute atomic E-state index is 0.146. The van der Waals surface area contributed by atoms with E-state index in [2.05, 4.69) is 0 Å². The number of aliphatic carboxylic acids is 1. The van der Waals surface area contributed by atoms with Gasteiger partial charge < -0.3 is 10.8 Å². The highest BCUT2D eigenvalue weighted by molar-refractivity contribution is 5.98. The fourth-order valence-corrected chi connectivity index (χ4v) is 1.77. The standard InChI is InChI=1S/C10H16NO3/c11-8(6-9(12)13)10(14)7-4-2-1-3-5-7/h8H,1-6,11H2,(H,12,13)/t8-/m0/s1. The lowest BCUT2D eigenvalue weighted by Gasteiger charge is -2.21. The van der Waals surface area contributed by atoms with Crippen molar-refractivity contribution in [2.24, 2.45) is 5.73 Å². The molecule has 1 aliphatic rings. The van der Waals surface area contributed by atoms with Gasteiger partial charge in [-0.2, -0.15) is 0 Å². The zero-order valence-electron chi connectivity index (χ0n) is 8.16. The third-order valence-corrected chi connectivity index (χ3v) is 2.54. The normalized spacial score (nSPS) is 20.4. The molecule has 1 fully saturated rings. The molecule has 1 rings (SSSR count). The predicted octanol–water partition coefficient (Wildman–Crippen LogP) is 0.896. The molecule has 3 N–H and O–H groups in total. The Morgan fingerprint density at radius 2 is 1.86 bits per heavy atom. The van der Waals surface area contributed by atoms with Gasteiger partial charge in [0.15, 0.2) is 5.78 Å². The Bertz CT molecular complexity index is 221. The summed E-state index contributed by atoms with van der Waals surface area (Å²) >= 11 is 0. The Labute approximate surface area is 83.5 Å². The van der Waals surface area contributed by atoms with Gasteiger partial charge in [0.2, 0.25) is 0 Å². The predicted molar refractivity (Wildman–Crippen MR) is 51.6 cm³/mol. The van der Waals surface area contributed by atoms with E-state index in [1.807, 2.05) is 0 Å². The highest BCUT2D eigenvalue weighted by Gasteiger charge is 2.27. The number of ketones is 1. The monoisotopic (exact) mass is 198 g/mol. The number of carbonyl (C=O) groups excluding carboxylic acids is 1. The van der Waals surface area contributed by atoms with E-state index < -0.39 is 12.0 Å². The average Bonchev–Trinajstić information content (AvgIpc) is 2.17. The third-order valence-electron chi connectivity index (χ3n) is 2.54. The van der Waals surface area contributed by atoms with Crippen molar-refractivity contribution in [1.82, 2.24) is 0 Å².